The lowest BCUT2D eigenvalue weighted by molar-refractivity contribution is 0.664. The molecule has 0 N–H and O–H groups in total. The highest BCUT2D eigenvalue weighted by molar-refractivity contribution is 6.07. The van der Waals surface area contributed by atoms with Gasteiger partial charge < -0.3 is 4.42 Å². The fraction of sp³-hybridized carbons (Fsp3) is 0.0690. The van der Waals surface area contributed by atoms with Gasteiger partial charge in [0.15, 0.2) is 5.58 Å². The summed E-state index contributed by atoms with van der Waals surface area (Å²) in [7, 11) is 0. The van der Waals surface area contributed by atoms with Crippen molar-refractivity contribution in [2.45, 2.75) is 12.8 Å². The van der Waals surface area contributed by atoms with Crippen LogP contribution in [-0.2, 0) is 0 Å². The zero-order valence-corrected chi connectivity index (χ0v) is 18.1. The van der Waals surface area contributed by atoms with Crippen molar-refractivity contribution >= 4 is 22.1 Å². The second-order valence-electron chi connectivity index (χ2n) is 7.98. The molecule has 4 nitrogen and oxygen atoms in total. The van der Waals surface area contributed by atoms with Crippen LogP contribution in [0.3, 0.4) is 0 Å². The van der Waals surface area contributed by atoms with Crippen LogP contribution in [-0.4, -0.2) is 15.0 Å². The monoisotopic (exact) mass is 428 g/mol. The summed E-state index contributed by atoms with van der Waals surface area (Å²) in [5.74, 6) is -0.647. The molecule has 4 heteroatoms. The van der Waals surface area contributed by atoms with Gasteiger partial charge in [-0.1, -0.05) is 73.7 Å². The number of hydrogen-bond donors (Lipinski definition) is 0. The van der Waals surface area contributed by atoms with E-state index < -0.39 is 5.89 Å². The number of pyridine rings is 1. The van der Waals surface area contributed by atoms with Gasteiger partial charge in [-0.3, -0.25) is 4.98 Å². The highest BCUT2D eigenvalue weighted by Gasteiger charge is 2.18. The van der Waals surface area contributed by atoms with E-state index in [2.05, 4.69) is 28.2 Å². The van der Waals surface area contributed by atoms with E-state index in [1.807, 2.05) is 85.9 Å². The normalized spacial score (nSPS) is 13.7. The molecule has 0 spiro atoms. The summed E-state index contributed by atoms with van der Waals surface area (Å²) >= 11 is 0. The first-order chi connectivity index (χ1) is 16.6. The first-order valence-electron chi connectivity index (χ1n) is 11.4. The number of benzene rings is 3. The Kier molecular flexibility index (Phi) is 4.43. The molecule has 0 bridgehead atoms. The van der Waals surface area contributed by atoms with E-state index in [0.717, 1.165) is 33.3 Å². The summed E-state index contributed by atoms with van der Waals surface area (Å²) in [6.45, 7) is 1.82. The number of para-hydroxylation sites is 1. The first kappa shape index (κ1) is 18.3. The molecule has 0 saturated carbocycles. The Hall–Kier alpha value is -4.31. The Morgan fingerprint density at radius 1 is 0.818 bits per heavy atom. The van der Waals surface area contributed by atoms with Crippen molar-refractivity contribution in [1.29, 1.82) is 0 Å². The molecule has 1 unspecified atom stereocenters. The topological polar surface area (TPSA) is 51.8 Å². The fourth-order valence-corrected chi connectivity index (χ4v) is 4.17. The van der Waals surface area contributed by atoms with Gasteiger partial charge in [0.25, 0.3) is 0 Å². The zero-order valence-electron chi connectivity index (χ0n) is 19.1. The van der Waals surface area contributed by atoms with Crippen molar-refractivity contribution in [3.63, 3.8) is 0 Å². The summed E-state index contributed by atoms with van der Waals surface area (Å²) in [4.78, 5) is 13.9. The Morgan fingerprint density at radius 3 is 2.42 bits per heavy atom. The molecular weight excluding hydrogens is 406 g/mol. The van der Waals surface area contributed by atoms with Gasteiger partial charge in [-0.15, -0.1) is 0 Å². The summed E-state index contributed by atoms with van der Waals surface area (Å²) in [6.07, 6.45) is 3.49. The molecule has 0 aliphatic heterocycles. The molecule has 0 amide bonds. The minimum Gasteiger partial charge on any atom is -0.452 e. The quantitative estimate of drug-likeness (QED) is 0.297. The highest BCUT2D eigenvalue weighted by Crippen LogP contribution is 2.36. The maximum absolute atomic E-state index is 8.96. The summed E-state index contributed by atoms with van der Waals surface area (Å²) < 4.78 is 15.2. The molecule has 0 aliphatic carbocycles. The van der Waals surface area contributed by atoms with E-state index in [1.165, 1.54) is 0 Å². The van der Waals surface area contributed by atoms with Gasteiger partial charge in [-0.2, -0.15) is 0 Å². The molecular formula is C29H21N3O. The molecule has 0 radical (unpaired) electrons. The van der Waals surface area contributed by atoms with Crippen molar-refractivity contribution in [3.05, 3.63) is 115 Å². The van der Waals surface area contributed by atoms with Crippen LogP contribution in [0.2, 0.25) is 0 Å². The molecule has 3 aromatic heterocycles. The fourth-order valence-electron chi connectivity index (χ4n) is 4.17. The summed E-state index contributed by atoms with van der Waals surface area (Å²) in [5, 5.41) is 0.881. The lowest BCUT2D eigenvalue weighted by Gasteiger charge is -2.09. The lowest BCUT2D eigenvalue weighted by Crippen LogP contribution is -2.01. The van der Waals surface area contributed by atoms with Gasteiger partial charge >= 0.3 is 0 Å². The standard InChI is InChI=1S/C29H21N3O/c1-19(20-9-4-2-5-10-20)29-31-18-26-27(32-29)24-14-8-13-23(28(24)33-26)25-17-22(15-16-30-25)21-11-6-3-7-12-21/h2-19H,1H3/i19D. The van der Waals surface area contributed by atoms with E-state index in [-0.39, 0.29) is 0 Å². The number of furan rings is 1. The SMILES string of the molecule is [2H]C(C)(c1ccccc1)c1ncc2oc3c(-c4cc(-c5ccccc5)ccn4)cccc3c2n1. The molecule has 33 heavy (non-hydrogen) atoms. The molecule has 6 rings (SSSR count). The van der Waals surface area contributed by atoms with Gasteiger partial charge in [-0.25, -0.2) is 9.97 Å². The van der Waals surface area contributed by atoms with Crippen LogP contribution in [0.1, 0.15) is 25.6 Å². The van der Waals surface area contributed by atoms with E-state index in [1.54, 1.807) is 6.20 Å². The molecule has 3 heterocycles. The number of nitrogens with zero attached hydrogens (tertiary/aromatic N) is 3. The Morgan fingerprint density at radius 2 is 1.61 bits per heavy atom. The average Bonchev–Trinajstić information content (AvgIpc) is 3.28. The van der Waals surface area contributed by atoms with Crippen LogP contribution >= 0.6 is 0 Å². The Balaban J connectivity index is 1.49. The third kappa shape index (κ3) is 3.46. The van der Waals surface area contributed by atoms with Crippen molar-refractivity contribution in [2.75, 3.05) is 0 Å². The second kappa shape index (κ2) is 7.99. The highest BCUT2D eigenvalue weighted by atomic mass is 16.3. The molecule has 6 aromatic rings. The van der Waals surface area contributed by atoms with Gasteiger partial charge in [-0.05, 0) is 41.0 Å². The predicted molar refractivity (Wildman–Crippen MR) is 132 cm³/mol. The van der Waals surface area contributed by atoms with Crippen LogP contribution in [0.5, 0.6) is 0 Å². The summed E-state index contributed by atoms with van der Waals surface area (Å²) in [6, 6.07) is 30.0. The molecule has 0 fully saturated rings. The van der Waals surface area contributed by atoms with Crippen LogP contribution in [0.4, 0.5) is 0 Å². The second-order valence-corrected chi connectivity index (χ2v) is 7.98. The van der Waals surface area contributed by atoms with Crippen molar-refractivity contribution in [3.8, 4) is 22.4 Å². The first-order valence-corrected chi connectivity index (χ1v) is 10.9. The van der Waals surface area contributed by atoms with E-state index >= 15 is 0 Å². The smallest absolute Gasteiger partial charge is 0.172 e. The van der Waals surface area contributed by atoms with Crippen molar-refractivity contribution < 1.29 is 5.79 Å². The molecule has 1 atom stereocenters. The molecule has 158 valence electrons. The minimum atomic E-state index is -1.08. The van der Waals surface area contributed by atoms with Gasteiger partial charge in [0.05, 0.1) is 11.9 Å². The predicted octanol–water partition coefficient (Wildman–Crippen LogP) is 7.26. The zero-order chi connectivity index (χ0) is 23.1. The van der Waals surface area contributed by atoms with E-state index in [9.17, 15) is 0 Å². The average molecular weight is 429 g/mol. The van der Waals surface area contributed by atoms with E-state index in [0.29, 0.717) is 22.5 Å². The lowest BCUT2D eigenvalue weighted by atomic mass is 10.0. The van der Waals surface area contributed by atoms with Crippen LogP contribution < -0.4 is 0 Å². The number of hydrogen-bond acceptors (Lipinski definition) is 4. The van der Waals surface area contributed by atoms with Crippen LogP contribution in [0, 0.1) is 0 Å². The van der Waals surface area contributed by atoms with Gasteiger partial charge in [0.2, 0.25) is 0 Å². The summed E-state index contributed by atoms with van der Waals surface area (Å²) in [5.41, 5.74) is 6.80. The number of fused-ring (bicyclic) bond motifs is 3. The van der Waals surface area contributed by atoms with Gasteiger partial charge in [0, 0.05) is 24.4 Å². The van der Waals surface area contributed by atoms with Gasteiger partial charge in [0.1, 0.15) is 16.9 Å². The van der Waals surface area contributed by atoms with Crippen molar-refractivity contribution in [1.82, 2.24) is 15.0 Å². The van der Waals surface area contributed by atoms with Crippen molar-refractivity contribution in [2.24, 2.45) is 0 Å². The van der Waals surface area contributed by atoms with Crippen LogP contribution in [0.25, 0.3) is 44.5 Å². The Labute approximate surface area is 193 Å². The largest absolute Gasteiger partial charge is 0.452 e. The maximum Gasteiger partial charge on any atom is 0.172 e. The van der Waals surface area contributed by atoms with Crippen LogP contribution in [0.15, 0.2) is 108 Å². The van der Waals surface area contributed by atoms with E-state index in [4.69, 9.17) is 10.8 Å². The molecule has 0 saturated heterocycles. The third-order valence-corrected chi connectivity index (χ3v) is 5.92. The molecule has 3 aromatic carbocycles. The number of aromatic nitrogens is 3. The minimum absolute atomic E-state index is 0.434. The molecule has 0 aliphatic rings. The third-order valence-electron chi connectivity index (χ3n) is 5.92. The number of rotatable bonds is 4. The Bertz CT molecular complexity index is 1630. The maximum atomic E-state index is 8.96.